The number of rotatable bonds is 6. The standard InChI is InChI=1S/C12H19N3O5/c1-4-12(3)10(19)15(11(20)13-12)6-8(16)14(5-2)7-9(17)18/h4-7H2,1-3H3,(H,13,20)(H,17,18). The lowest BCUT2D eigenvalue weighted by Gasteiger charge is -2.22. The summed E-state index contributed by atoms with van der Waals surface area (Å²) in [5.74, 6) is -2.18. The van der Waals surface area contributed by atoms with Gasteiger partial charge >= 0.3 is 12.0 Å². The number of aliphatic carboxylic acids is 1. The minimum absolute atomic E-state index is 0.194. The maximum atomic E-state index is 12.1. The summed E-state index contributed by atoms with van der Waals surface area (Å²) < 4.78 is 0. The highest BCUT2D eigenvalue weighted by Gasteiger charge is 2.47. The average Bonchev–Trinajstić information content (AvgIpc) is 2.60. The van der Waals surface area contributed by atoms with Gasteiger partial charge in [0.25, 0.3) is 5.91 Å². The Labute approximate surface area is 116 Å². The summed E-state index contributed by atoms with van der Waals surface area (Å²) in [5, 5.41) is 11.2. The number of carboxylic acids is 1. The van der Waals surface area contributed by atoms with Crippen LogP contribution in [0.2, 0.25) is 0 Å². The van der Waals surface area contributed by atoms with Crippen LogP contribution in [0.5, 0.6) is 0 Å². The van der Waals surface area contributed by atoms with E-state index in [1.807, 2.05) is 0 Å². The molecule has 1 fully saturated rings. The fourth-order valence-electron chi connectivity index (χ4n) is 1.91. The first-order valence-electron chi connectivity index (χ1n) is 6.38. The van der Waals surface area contributed by atoms with Crippen LogP contribution < -0.4 is 5.32 Å². The third-order valence-corrected chi connectivity index (χ3v) is 3.41. The number of nitrogens with one attached hydrogen (secondary N) is 1. The van der Waals surface area contributed by atoms with Gasteiger partial charge in [-0.2, -0.15) is 0 Å². The number of imide groups is 1. The number of nitrogens with zero attached hydrogens (tertiary/aromatic N) is 2. The largest absolute Gasteiger partial charge is 0.480 e. The predicted molar refractivity (Wildman–Crippen MR) is 68.8 cm³/mol. The molecule has 20 heavy (non-hydrogen) atoms. The average molecular weight is 285 g/mol. The molecule has 0 radical (unpaired) electrons. The Morgan fingerprint density at radius 1 is 1.35 bits per heavy atom. The third kappa shape index (κ3) is 3.06. The van der Waals surface area contributed by atoms with Gasteiger partial charge in [0, 0.05) is 6.54 Å². The molecule has 0 aromatic rings. The fourth-order valence-corrected chi connectivity index (χ4v) is 1.91. The molecular weight excluding hydrogens is 266 g/mol. The zero-order valence-electron chi connectivity index (χ0n) is 11.8. The van der Waals surface area contributed by atoms with Crippen molar-refractivity contribution in [1.82, 2.24) is 15.1 Å². The van der Waals surface area contributed by atoms with Gasteiger partial charge in [-0.3, -0.25) is 19.3 Å². The number of carboxylic acid groups (broad SMARTS) is 1. The highest BCUT2D eigenvalue weighted by Crippen LogP contribution is 2.20. The fraction of sp³-hybridized carbons (Fsp3) is 0.667. The van der Waals surface area contributed by atoms with Crippen molar-refractivity contribution in [3.8, 4) is 0 Å². The lowest BCUT2D eigenvalue weighted by atomic mass is 9.99. The minimum atomic E-state index is -1.14. The molecule has 1 rings (SSSR count). The number of urea groups is 1. The molecule has 0 bridgehead atoms. The van der Waals surface area contributed by atoms with E-state index in [-0.39, 0.29) is 6.54 Å². The van der Waals surface area contributed by atoms with Crippen LogP contribution in [-0.2, 0) is 14.4 Å². The van der Waals surface area contributed by atoms with Crippen LogP contribution in [0.3, 0.4) is 0 Å². The van der Waals surface area contributed by atoms with E-state index in [2.05, 4.69) is 5.32 Å². The minimum Gasteiger partial charge on any atom is -0.480 e. The Kier molecular flexibility index (Phi) is 4.69. The van der Waals surface area contributed by atoms with Crippen LogP contribution in [0.15, 0.2) is 0 Å². The zero-order valence-corrected chi connectivity index (χ0v) is 11.8. The van der Waals surface area contributed by atoms with E-state index in [0.29, 0.717) is 6.42 Å². The maximum Gasteiger partial charge on any atom is 0.325 e. The van der Waals surface area contributed by atoms with Crippen molar-refractivity contribution in [2.45, 2.75) is 32.7 Å². The Bertz CT molecular complexity index is 450. The van der Waals surface area contributed by atoms with Crippen molar-refractivity contribution in [3.05, 3.63) is 0 Å². The normalized spacial score (nSPS) is 21.9. The van der Waals surface area contributed by atoms with E-state index in [1.54, 1.807) is 20.8 Å². The van der Waals surface area contributed by atoms with Crippen molar-refractivity contribution in [3.63, 3.8) is 0 Å². The Balaban J connectivity index is 2.77. The summed E-state index contributed by atoms with van der Waals surface area (Å²) in [6, 6.07) is -0.626. The lowest BCUT2D eigenvalue weighted by Crippen LogP contribution is -2.46. The summed E-state index contributed by atoms with van der Waals surface area (Å²) in [6.07, 6.45) is 0.412. The smallest absolute Gasteiger partial charge is 0.325 e. The molecule has 1 aliphatic heterocycles. The molecule has 0 saturated carbocycles. The topological polar surface area (TPSA) is 107 Å². The summed E-state index contributed by atoms with van der Waals surface area (Å²) in [5.41, 5.74) is -0.999. The Hall–Kier alpha value is -2.12. The predicted octanol–water partition coefficient (Wildman–Crippen LogP) is -0.360. The van der Waals surface area contributed by atoms with Crippen LogP contribution in [0.4, 0.5) is 4.79 Å². The molecule has 4 amide bonds. The van der Waals surface area contributed by atoms with Gasteiger partial charge in [0.05, 0.1) is 0 Å². The maximum absolute atomic E-state index is 12.1. The molecule has 0 aromatic heterocycles. The first-order chi connectivity index (χ1) is 9.25. The number of amides is 4. The van der Waals surface area contributed by atoms with E-state index in [0.717, 1.165) is 9.80 Å². The molecule has 1 unspecified atom stereocenters. The molecule has 1 saturated heterocycles. The number of carbonyl (C=O) groups is 4. The number of carbonyl (C=O) groups excluding carboxylic acids is 3. The van der Waals surface area contributed by atoms with Gasteiger partial charge in [-0.1, -0.05) is 6.92 Å². The molecule has 1 atom stereocenters. The summed E-state index contributed by atoms with van der Waals surface area (Å²) in [7, 11) is 0. The van der Waals surface area contributed by atoms with Gasteiger partial charge in [-0.15, -0.1) is 0 Å². The Morgan fingerprint density at radius 3 is 2.35 bits per heavy atom. The SMILES string of the molecule is CCN(CC(=O)O)C(=O)CN1C(=O)NC(C)(CC)C1=O. The van der Waals surface area contributed by atoms with E-state index in [9.17, 15) is 19.2 Å². The lowest BCUT2D eigenvalue weighted by molar-refractivity contribution is -0.145. The quantitative estimate of drug-likeness (QED) is 0.648. The van der Waals surface area contributed by atoms with Gasteiger partial charge < -0.3 is 15.3 Å². The van der Waals surface area contributed by atoms with Gasteiger partial charge in [0.2, 0.25) is 5.91 Å². The summed E-state index contributed by atoms with van der Waals surface area (Å²) in [4.78, 5) is 48.3. The molecule has 8 heteroatoms. The molecule has 8 nitrogen and oxygen atoms in total. The van der Waals surface area contributed by atoms with Crippen molar-refractivity contribution < 1.29 is 24.3 Å². The number of hydrogen-bond acceptors (Lipinski definition) is 4. The van der Waals surface area contributed by atoms with Crippen LogP contribution in [0.1, 0.15) is 27.2 Å². The molecule has 2 N–H and O–H groups in total. The van der Waals surface area contributed by atoms with Crippen LogP contribution in [0.25, 0.3) is 0 Å². The van der Waals surface area contributed by atoms with Crippen molar-refractivity contribution >= 4 is 23.8 Å². The Morgan fingerprint density at radius 2 is 1.95 bits per heavy atom. The summed E-state index contributed by atoms with van der Waals surface area (Å²) >= 11 is 0. The highest BCUT2D eigenvalue weighted by atomic mass is 16.4. The van der Waals surface area contributed by atoms with Crippen LogP contribution >= 0.6 is 0 Å². The second-order valence-electron chi connectivity index (χ2n) is 4.81. The van der Waals surface area contributed by atoms with Gasteiger partial charge in [0.15, 0.2) is 0 Å². The van der Waals surface area contributed by atoms with E-state index in [1.165, 1.54) is 0 Å². The van der Waals surface area contributed by atoms with Gasteiger partial charge in [-0.05, 0) is 20.3 Å². The summed E-state index contributed by atoms with van der Waals surface area (Å²) in [6.45, 7) is 4.27. The zero-order chi connectivity index (χ0) is 15.5. The van der Waals surface area contributed by atoms with Crippen molar-refractivity contribution in [2.75, 3.05) is 19.6 Å². The van der Waals surface area contributed by atoms with Crippen LogP contribution in [-0.4, -0.2) is 63.9 Å². The van der Waals surface area contributed by atoms with E-state index >= 15 is 0 Å². The molecular formula is C12H19N3O5. The van der Waals surface area contributed by atoms with E-state index in [4.69, 9.17) is 5.11 Å². The number of hydrogen-bond donors (Lipinski definition) is 2. The first-order valence-corrected chi connectivity index (χ1v) is 6.38. The highest BCUT2D eigenvalue weighted by molar-refractivity contribution is 6.08. The molecule has 1 heterocycles. The van der Waals surface area contributed by atoms with E-state index < -0.39 is 42.4 Å². The monoisotopic (exact) mass is 285 g/mol. The first kappa shape index (κ1) is 15.9. The molecule has 0 aliphatic carbocycles. The molecule has 1 aliphatic rings. The van der Waals surface area contributed by atoms with Gasteiger partial charge in [-0.25, -0.2) is 4.79 Å². The van der Waals surface area contributed by atoms with Gasteiger partial charge in [0.1, 0.15) is 18.6 Å². The third-order valence-electron chi connectivity index (χ3n) is 3.41. The van der Waals surface area contributed by atoms with Crippen molar-refractivity contribution in [1.29, 1.82) is 0 Å². The second-order valence-corrected chi connectivity index (χ2v) is 4.81. The molecule has 112 valence electrons. The second kappa shape index (κ2) is 5.89. The molecule has 0 spiro atoms. The van der Waals surface area contributed by atoms with Crippen molar-refractivity contribution in [2.24, 2.45) is 0 Å². The van der Waals surface area contributed by atoms with Crippen LogP contribution in [0, 0.1) is 0 Å². The number of likely N-dealkylation sites (N-methyl/N-ethyl adjacent to an activating group) is 1. The molecule has 0 aromatic carbocycles.